The van der Waals surface area contributed by atoms with Crippen LogP contribution >= 0.6 is 0 Å². The Kier molecular flexibility index (Phi) is 4.28. The summed E-state index contributed by atoms with van der Waals surface area (Å²) in [6.45, 7) is 8.60. The molecule has 0 aliphatic rings. The highest BCUT2D eigenvalue weighted by atomic mass is 16.5. The van der Waals surface area contributed by atoms with Crippen LogP contribution < -0.4 is 10.3 Å². The van der Waals surface area contributed by atoms with Crippen molar-refractivity contribution in [2.24, 2.45) is 0 Å². The number of allylic oxidation sites excluding steroid dienone is 1. The summed E-state index contributed by atoms with van der Waals surface area (Å²) in [6, 6.07) is 5.88. The maximum Gasteiger partial charge on any atom is 0.251 e. The number of hydrogen-bond acceptors (Lipinski definition) is 2. The Morgan fingerprint density at radius 1 is 1.35 bits per heavy atom. The topological polar surface area (TPSA) is 42.1 Å². The van der Waals surface area contributed by atoms with E-state index in [1.807, 2.05) is 52.0 Å². The molecule has 3 heteroatoms. The number of H-pyrrole nitrogens is 1. The first kappa shape index (κ1) is 14.4. The van der Waals surface area contributed by atoms with Gasteiger partial charge in [-0.25, -0.2) is 0 Å². The van der Waals surface area contributed by atoms with Crippen molar-refractivity contribution in [1.29, 1.82) is 0 Å². The van der Waals surface area contributed by atoms with Gasteiger partial charge in [0, 0.05) is 10.9 Å². The summed E-state index contributed by atoms with van der Waals surface area (Å²) in [5, 5.41) is 0.976. The molecule has 0 fully saturated rings. The summed E-state index contributed by atoms with van der Waals surface area (Å²) in [5.41, 5.74) is 3.92. The van der Waals surface area contributed by atoms with Crippen LogP contribution in [0, 0.1) is 6.92 Å². The molecule has 2 rings (SSSR count). The number of aryl methyl sites for hydroxylation is 2. The summed E-state index contributed by atoms with van der Waals surface area (Å²) < 4.78 is 5.83. The minimum absolute atomic E-state index is 0.00968. The van der Waals surface area contributed by atoms with E-state index in [9.17, 15) is 4.79 Å². The molecule has 106 valence electrons. The minimum atomic E-state index is -0.00968. The van der Waals surface area contributed by atoms with Gasteiger partial charge in [-0.15, -0.1) is 0 Å². The maximum atomic E-state index is 11.9. The third-order valence-corrected chi connectivity index (χ3v) is 3.37. The van der Waals surface area contributed by atoms with E-state index >= 15 is 0 Å². The van der Waals surface area contributed by atoms with Gasteiger partial charge in [-0.2, -0.15) is 0 Å². The Morgan fingerprint density at radius 3 is 2.75 bits per heavy atom. The van der Waals surface area contributed by atoms with Crippen molar-refractivity contribution in [3.8, 4) is 5.75 Å². The number of hydrogen-bond donors (Lipinski definition) is 1. The van der Waals surface area contributed by atoms with E-state index in [4.69, 9.17) is 4.74 Å². The SMILES string of the molecule is CCc1cc2c(OCC=C(C)C)ccc(C)c2[nH]c1=O. The third kappa shape index (κ3) is 2.93. The smallest absolute Gasteiger partial charge is 0.251 e. The second-order valence-electron chi connectivity index (χ2n) is 5.24. The minimum Gasteiger partial charge on any atom is -0.489 e. The summed E-state index contributed by atoms with van der Waals surface area (Å²) >= 11 is 0. The number of aromatic nitrogens is 1. The monoisotopic (exact) mass is 271 g/mol. The Balaban J connectivity index is 2.52. The molecule has 2 aromatic rings. The largest absolute Gasteiger partial charge is 0.489 e. The highest BCUT2D eigenvalue weighted by molar-refractivity contribution is 5.88. The van der Waals surface area contributed by atoms with Gasteiger partial charge in [0.25, 0.3) is 5.56 Å². The van der Waals surface area contributed by atoms with Crippen LogP contribution in [0.4, 0.5) is 0 Å². The van der Waals surface area contributed by atoms with Gasteiger partial charge in [0.1, 0.15) is 12.4 Å². The van der Waals surface area contributed by atoms with Crippen LogP contribution in [0.25, 0.3) is 10.9 Å². The lowest BCUT2D eigenvalue weighted by molar-refractivity contribution is 0.366. The molecule has 0 atom stereocenters. The first-order valence-electron chi connectivity index (χ1n) is 6.94. The third-order valence-electron chi connectivity index (χ3n) is 3.37. The number of pyridine rings is 1. The van der Waals surface area contributed by atoms with Crippen LogP contribution in [0.5, 0.6) is 5.75 Å². The van der Waals surface area contributed by atoms with Gasteiger partial charge in [-0.3, -0.25) is 4.79 Å². The van der Waals surface area contributed by atoms with Gasteiger partial charge < -0.3 is 9.72 Å². The van der Waals surface area contributed by atoms with Crippen LogP contribution in [0.1, 0.15) is 31.9 Å². The molecule has 0 spiro atoms. The first-order valence-corrected chi connectivity index (χ1v) is 6.94. The zero-order chi connectivity index (χ0) is 14.7. The molecule has 0 amide bonds. The highest BCUT2D eigenvalue weighted by Gasteiger charge is 2.08. The van der Waals surface area contributed by atoms with Gasteiger partial charge in [0.05, 0.1) is 5.52 Å². The Hall–Kier alpha value is -2.03. The maximum absolute atomic E-state index is 11.9. The van der Waals surface area contributed by atoms with E-state index in [0.717, 1.165) is 27.8 Å². The molecule has 0 saturated carbocycles. The summed E-state index contributed by atoms with van der Waals surface area (Å²) in [6.07, 6.45) is 2.75. The molecule has 0 saturated heterocycles. The summed E-state index contributed by atoms with van der Waals surface area (Å²) in [7, 11) is 0. The molecule has 1 heterocycles. The van der Waals surface area contributed by atoms with Crippen molar-refractivity contribution < 1.29 is 4.74 Å². The molecule has 0 unspecified atom stereocenters. The quantitative estimate of drug-likeness (QED) is 0.861. The van der Waals surface area contributed by atoms with Crippen molar-refractivity contribution in [2.75, 3.05) is 6.61 Å². The molecule has 0 aliphatic heterocycles. The van der Waals surface area contributed by atoms with Gasteiger partial charge >= 0.3 is 0 Å². The van der Waals surface area contributed by atoms with E-state index in [2.05, 4.69) is 4.98 Å². The van der Waals surface area contributed by atoms with Crippen molar-refractivity contribution in [2.45, 2.75) is 34.1 Å². The number of nitrogens with one attached hydrogen (secondary N) is 1. The van der Waals surface area contributed by atoms with E-state index in [1.54, 1.807) is 0 Å². The summed E-state index contributed by atoms with van der Waals surface area (Å²) in [5.74, 6) is 0.814. The molecular formula is C17H21NO2. The molecule has 1 aromatic carbocycles. The number of fused-ring (bicyclic) bond motifs is 1. The Morgan fingerprint density at radius 2 is 2.10 bits per heavy atom. The normalized spacial score (nSPS) is 10.6. The second kappa shape index (κ2) is 5.95. The van der Waals surface area contributed by atoms with Crippen LogP contribution in [-0.2, 0) is 6.42 Å². The number of benzene rings is 1. The van der Waals surface area contributed by atoms with Gasteiger partial charge in [0.2, 0.25) is 0 Å². The fourth-order valence-corrected chi connectivity index (χ4v) is 2.14. The predicted molar refractivity (Wildman–Crippen MR) is 83.6 cm³/mol. The van der Waals surface area contributed by atoms with Gasteiger partial charge in [0.15, 0.2) is 0 Å². The van der Waals surface area contributed by atoms with Crippen molar-refractivity contribution >= 4 is 10.9 Å². The van der Waals surface area contributed by atoms with Crippen LogP contribution in [0.3, 0.4) is 0 Å². The van der Waals surface area contributed by atoms with Crippen molar-refractivity contribution in [1.82, 2.24) is 4.98 Å². The molecule has 3 nitrogen and oxygen atoms in total. The molecular weight excluding hydrogens is 250 g/mol. The van der Waals surface area contributed by atoms with Gasteiger partial charge in [-0.1, -0.05) is 18.6 Å². The fourth-order valence-electron chi connectivity index (χ4n) is 2.14. The number of ether oxygens (including phenoxy) is 1. The lowest BCUT2D eigenvalue weighted by Crippen LogP contribution is -2.12. The average molecular weight is 271 g/mol. The van der Waals surface area contributed by atoms with E-state index < -0.39 is 0 Å². The fraction of sp³-hybridized carbons (Fsp3) is 0.353. The zero-order valence-corrected chi connectivity index (χ0v) is 12.5. The number of rotatable bonds is 4. The van der Waals surface area contributed by atoms with Gasteiger partial charge in [-0.05, 0) is 51.0 Å². The van der Waals surface area contributed by atoms with Crippen LogP contribution in [0.2, 0.25) is 0 Å². The first-order chi connectivity index (χ1) is 9.52. The van der Waals surface area contributed by atoms with Crippen LogP contribution in [0.15, 0.2) is 34.6 Å². The average Bonchev–Trinajstić information content (AvgIpc) is 2.41. The van der Waals surface area contributed by atoms with E-state index in [1.165, 1.54) is 5.57 Å². The Labute approximate surface area is 119 Å². The summed E-state index contributed by atoms with van der Waals surface area (Å²) in [4.78, 5) is 14.9. The number of aromatic amines is 1. The lowest BCUT2D eigenvalue weighted by Gasteiger charge is -2.11. The molecule has 0 radical (unpaired) electrons. The van der Waals surface area contributed by atoms with E-state index in [-0.39, 0.29) is 5.56 Å². The standard InChI is InChI=1S/C17H21NO2/c1-5-13-10-14-15(20-9-8-11(2)3)7-6-12(4)16(14)18-17(13)19/h6-8,10H,5,9H2,1-4H3,(H,18,19). The predicted octanol–water partition coefficient (Wildman–Crippen LogP) is 3.74. The molecule has 20 heavy (non-hydrogen) atoms. The lowest BCUT2D eigenvalue weighted by atomic mass is 10.1. The van der Waals surface area contributed by atoms with Crippen molar-refractivity contribution in [3.05, 3.63) is 51.3 Å². The molecule has 0 aliphatic carbocycles. The van der Waals surface area contributed by atoms with Crippen molar-refractivity contribution in [3.63, 3.8) is 0 Å². The second-order valence-corrected chi connectivity index (χ2v) is 5.24. The van der Waals surface area contributed by atoms with Crippen LogP contribution in [-0.4, -0.2) is 11.6 Å². The van der Waals surface area contributed by atoms with E-state index in [0.29, 0.717) is 13.0 Å². The molecule has 1 N–H and O–H groups in total. The molecule has 0 bridgehead atoms. The molecule has 1 aromatic heterocycles. The highest BCUT2D eigenvalue weighted by Crippen LogP contribution is 2.27. The Bertz CT molecular complexity index is 707. The zero-order valence-electron chi connectivity index (χ0n) is 12.5.